The van der Waals surface area contributed by atoms with Crippen LogP contribution in [0.4, 0.5) is 13.2 Å². The monoisotopic (exact) mass is 390 g/mol. The summed E-state index contributed by atoms with van der Waals surface area (Å²) in [6, 6.07) is 7.43. The van der Waals surface area contributed by atoms with Crippen LogP contribution in [0.15, 0.2) is 36.9 Å². The lowest BCUT2D eigenvalue weighted by molar-refractivity contribution is -0.0481. The normalized spacial score (nSPS) is 19.6. The molecular formula is C23H25F3O2. The first-order valence-corrected chi connectivity index (χ1v) is 9.64. The minimum atomic E-state index is -1.07. The van der Waals surface area contributed by atoms with E-state index >= 15 is 0 Å². The second kappa shape index (κ2) is 9.39. The van der Waals surface area contributed by atoms with Gasteiger partial charge in [0.25, 0.3) is 0 Å². The fourth-order valence-electron chi connectivity index (χ4n) is 3.49. The molecule has 0 aromatic heterocycles. The first kappa shape index (κ1) is 20.6. The third kappa shape index (κ3) is 4.47. The highest BCUT2D eigenvalue weighted by Crippen LogP contribution is 2.33. The average molecular weight is 390 g/mol. The molecule has 2 aromatic carbocycles. The molecule has 0 saturated carbocycles. The molecule has 0 bridgehead atoms. The van der Waals surface area contributed by atoms with E-state index in [1.165, 1.54) is 30.3 Å². The van der Waals surface area contributed by atoms with Crippen molar-refractivity contribution in [1.29, 1.82) is 0 Å². The summed E-state index contributed by atoms with van der Waals surface area (Å²) in [6.45, 7) is 7.30. The quantitative estimate of drug-likeness (QED) is 0.532. The van der Waals surface area contributed by atoms with Crippen molar-refractivity contribution in [1.82, 2.24) is 0 Å². The highest BCUT2D eigenvalue weighted by atomic mass is 19.2. The molecule has 150 valence electrons. The molecule has 1 aliphatic rings. The average Bonchev–Trinajstić information content (AvgIpc) is 2.71. The van der Waals surface area contributed by atoms with Crippen molar-refractivity contribution in [2.45, 2.75) is 38.2 Å². The molecule has 0 spiro atoms. The summed E-state index contributed by atoms with van der Waals surface area (Å²) in [6.07, 6.45) is 4.00. The molecule has 1 saturated heterocycles. The standard InChI is InChI=1S/C23H25F3O2/c1-3-11-27-14-18-8-5-17(13-28-18)16-7-9-19(21(24)12-16)20-10-6-15(4-2)22(25)23(20)26/h4,6-7,9-10,12,17-18H,2-3,5,8,11,13-14H2,1H3. The van der Waals surface area contributed by atoms with Crippen LogP contribution in [-0.2, 0) is 9.47 Å². The van der Waals surface area contributed by atoms with Gasteiger partial charge in [-0.2, -0.15) is 0 Å². The van der Waals surface area contributed by atoms with Crippen molar-refractivity contribution in [3.05, 3.63) is 65.5 Å². The molecule has 28 heavy (non-hydrogen) atoms. The van der Waals surface area contributed by atoms with E-state index in [2.05, 4.69) is 13.5 Å². The van der Waals surface area contributed by atoms with Crippen molar-refractivity contribution in [3.8, 4) is 11.1 Å². The van der Waals surface area contributed by atoms with Gasteiger partial charge in [-0.25, -0.2) is 13.2 Å². The molecule has 1 fully saturated rings. The van der Waals surface area contributed by atoms with E-state index in [-0.39, 0.29) is 28.7 Å². The van der Waals surface area contributed by atoms with Crippen LogP contribution >= 0.6 is 0 Å². The van der Waals surface area contributed by atoms with Crippen LogP contribution in [-0.4, -0.2) is 25.9 Å². The lowest BCUT2D eigenvalue weighted by Gasteiger charge is -2.29. The SMILES string of the molecule is C=Cc1ccc(-c2ccc(C3CCC(COCCC)OC3)cc2F)c(F)c1F. The van der Waals surface area contributed by atoms with Gasteiger partial charge in [-0.15, -0.1) is 0 Å². The molecule has 1 aliphatic heterocycles. The van der Waals surface area contributed by atoms with Crippen molar-refractivity contribution in [2.24, 2.45) is 0 Å². The number of benzene rings is 2. The minimum absolute atomic E-state index is 0.0401. The van der Waals surface area contributed by atoms with E-state index in [0.29, 0.717) is 13.2 Å². The summed E-state index contributed by atoms with van der Waals surface area (Å²) >= 11 is 0. The minimum Gasteiger partial charge on any atom is -0.379 e. The Labute approximate surface area is 164 Å². The van der Waals surface area contributed by atoms with Gasteiger partial charge in [0.2, 0.25) is 0 Å². The van der Waals surface area contributed by atoms with E-state index in [9.17, 15) is 13.2 Å². The summed E-state index contributed by atoms with van der Waals surface area (Å²) in [4.78, 5) is 0. The molecule has 0 aliphatic carbocycles. The zero-order valence-electron chi connectivity index (χ0n) is 16.0. The summed E-state index contributed by atoms with van der Waals surface area (Å²) in [5, 5.41) is 0. The van der Waals surface area contributed by atoms with E-state index in [4.69, 9.17) is 9.47 Å². The first-order chi connectivity index (χ1) is 13.5. The van der Waals surface area contributed by atoms with Gasteiger partial charge < -0.3 is 9.47 Å². The Kier molecular flexibility index (Phi) is 6.92. The molecule has 1 heterocycles. The lowest BCUT2D eigenvalue weighted by Crippen LogP contribution is -2.28. The Morgan fingerprint density at radius 1 is 1.11 bits per heavy atom. The zero-order chi connectivity index (χ0) is 20.1. The van der Waals surface area contributed by atoms with E-state index < -0.39 is 17.5 Å². The Bertz CT molecular complexity index is 827. The van der Waals surface area contributed by atoms with Gasteiger partial charge in [-0.1, -0.05) is 43.8 Å². The van der Waals surface area contributed by atoms with Crippen LogP contribution in [0.25, 0.3) is 17.2 Å². The molecule has 5 heteroatoms. The van der Waals surface area contributed by atoms with Crippen LogP contribution in [0.3, 0.4) is 0 Å². The van der Waals surface area contributed by atoms with Gasteiger partial charge in [0, 0.05) is 29.2 Å². The Balaban J connectivity index is 1.72. The molecule has 2 unspecified atom stereocenters. The van der Waals surface area contributed by atoms with Crippen LogP contribution in [0.1, 0.15) is 43.2 Å². The highest BCUT2D eigenvalue weighted by molar-refractivity contribution is 5.67. The number of halogens is 3. The van der Waals surface area contributed by atoms with Gasteiger partial charge in [-0.3, -0.25) is 0 Å². The van der Waals surface area contributed by atoms with Crippen molar-refractivity contribution in [2.75, 3.05) is 19.8 Å². The van der Waals surface area contributed by atoms with Gasteiger partial charge in [0.1, 0.15) is 5.82 Å². The Hall–Kier alpha value is -2.11. The molecular weight excluding hydrogens is 365 g/mol. The van der Waals surface area contributed by atoms with Gasteiger partial charge >= 0.3 is 0 Å². The molecule has 2 aromatic rings. The van der Waals surface area contributed by atoms with Gasteiger partial charge in [0.15, 0.2) is 11.6 Å². The Morgan fingerprint density at radius 3 is 2.54 bits per heavy atom. The van der Waals surface area contributed by atoms with Gasteiger partial charge in [0.05, 0.1) is 19.3 Å². The van der Waals surface area contributed by atoms with Crippen LogP contribution < -0.4 is 0 Å². The number of hydrogen-bond acceptors (Lipinski definition) is 2. The summed E-state index contributed by atoms with van der Waals surface area (Å²) in [5.74, 6) is -2.58. The molecule has 0 N–H and O–H groups in total. The highest BCUT2D eigenvalue weighted by Gasteiger charge is 2.24. The molecule has 0 radical (unpaired) electrons. The summed E-state index contributed by atoms with van der Waals surface area (Å²) in [7, 11) is 0. The number of hydrogen-bond donors (Lipinski definition) is 0. The van der Waals surface area contributed by atoms with E-state index in [0.717, 1.165) is 31.4 Å². The fourth-order valence-corrected chi connectivity index (χ4v) is 3.49. The maximum absolute atomic E-state index is 14.7. The third-order valence-corrected chi connectivity index (χ3v) is 5.11. The maximum atomic E-state index is 14.7. The van der Waals surface area contributed by atoms with Crippen LogP contribution in [0.5, 0.6) is 0 Å². The molecule has 2 atom stereocenters. The predicted octanol–water partition coefficient (Wildman–Crippen LogP) is 6.10. The zero-order valence-corrected chi connectivity index (χ0v) is 16.0. The Morgan fingerprint density at radius 2 is 1.89 bits per heavy atom. The van der Waals surface area contributed by atoms with Crippen molar-refractivity contribution < 1.29 is 22.6 Å². The van der Waals surface area contributed by atoms with Crippen LogP contribution in [0.2, 0.25) is 0 Å². The second-order valence-corrected chi connectivity index (χ2v) is 7.08. The van der Waals surface area contributed by atoms with Crippen LogP contribution in [0, 0.1) is 17.5 Å². The van der Waals surface area contributed by atoms with Crippen molar-refractivity contribution in [3.63, 3.8) is 0 Å². The predicted molar refractivity (Wildman–Crippen MR) is 105 cm³/mol. The second-order valence-electron chi connectivity index (χ2n) is 7.08. The lowest BCUT2D eigenvalue weighted by atomic mass is 9.90. The van der Waals surface area contributed by atoms with Gasteiger partial charge in [-0.05, 0) is 30.9 Å². The largest absolute Gasteiger partial charge is 0.379 e. The summed E-state index contributed by atoms with van der Waals surface area (Å²) < 4.78 is 54.4. The third-order valence-electron chi connectivity index (χ3n) is 5.11. The van der Waals surface area contributed by atoms with E-state index in [1.807, 2.05) is 0 Å². The maximum Gasteiger partial charge on any atom is 0.167 e. The molecule has 2 nitrogen and oxygen atoms in total. The topological polar surface area (TPSA) is 18.5 Å². The molecule has 0 amide bonds. The number of rotatable bonds is 7. The van der Waals surface area contributed by atoms with E-state index in [1.54, 1.807) is 6.07 Å². The molecule has 3 rings (SSSR count). The first-order valence-electron chi connectivity index (χ1n) is 9.64. The van der Waals surface area contributed by atoms with Crippen molar-refractivity contribution >= 4 is 6.08 Å². The summed E-state index contributed by atoms with van der Waals surface area (Å²) in [5.41, 5.74) is 0.798. The smallest absolute Gasteiger partial charge is 0.167 e. The fraction of sp³-hybridized carbons (Fsp3) is 0.391. The number of ether oxygens (including phenoxy) is 2.